The smallest absolute Gasteiger partial charge is 0.258 e. The Morgan fingerprint density at radius 1 is 1.16 bits per heavy atom. The maximum atomic E-state index is 6.15. The summed E-state index contributed by atoms with van der Waals surface area (Å²) < 4.78 is 5.76. The van der Waals surface area contributed by atoms with E-state index >= 15 is 0 Å². The van der Waals surface area contributed by atoms with Crippen molar-refractivity contribution < 1.29 is 4.52 Å². The summed E-state index contributed by atoms with van der Waals surface area (Å²) in [4.78, 5) is 6.85. The van der Waals surface area contributed by atoms with Gasteiger partial charge < -0.3 is 14.7 Å². The van der Waals surface area contributed by atoms with Crippen molar-refractivity contribution in [3.8, 4) is 11.4 Å². The molecule has 5 nitrogen and oxygen atoms in total. The number of benzene rings is 2. The molecule has 0 amide bonds. The van der Waals surface area contributed by atoms with Crippen LogP contribution < -0.4 is 5.32 Å². The maximum Gasteiger partial charge on any atom is 0.258 e. The number of nitrogens with one attached hydrogen (secondary N) is 1. The van der Waals surface area contributed by atoms with E-state index in [1.807, 2.05) is 42.5 Å². The lowest BCUT2D eigenvalue weighted by atomic mass is 9.94. The Bertz CT molecular complexity index is 1110. The van der Waals surface area contributed by atoms with Gasteiger partial charge >= 0.3 is 0 Å². The van der Waals surface area contributed by atoms with Crippen LogP contribution >= 0.6 is 23.8 Å². The molecule has 2 heterocycles. The highest BCUT2D eigenvalue weighted by Gasteiger charge is 2.33. The quantitative estimate of drug-likeness (QED) is 0.456. The zero-order chi connectivity index (χ0) is 22.0. The Kier molecular flexibility index (Phi) is 6.39. The molecule has 0 aliphatic carbocycles. The lowest BCUT2D eigenvalue weighted by Crippen LogP contribution is -2.46. The van der Waals surface area contributed by atoms with Crippen molar-refractivity contribution in [2.45, 2.75) is 33.2 Å². The van der Waals surface area contributed by atoms with E-state index in [4.69, 9.17) is 33.3 Å². The van der Waals surface area contributed by atoms with Gasteiger partial charge in [0.25, 0.3) is 5.89 Å². The molecule has 1 unspecified atom stereocenters. The van der Waals surface area contributed by atoms with Crippen LogP contribution in [0.5, 0.6) is 0 Å². The number of nitrogens with zero attached hydrogens (tertiary/aromatic N) is 3. The van der Waals surface area contributed by atoms with Crippen LogP contribution in [0, 0.1) is 5.92 Å². The van der Waals surface area contributed by atoms with Crippen molar-refractivity contribution in [3.63, 3.8) is 0 Å². The molecule has 160 valence electrons. The number of rotatable bonds is 6. The molecule has 1 aromatic heterocycles. The van der Waals surface area contributed by atoms with Crippen LogP contribution in [0.4, 0.5) is 0 Å². The van der Waals surface area contributed by atoms with Gasteiger partial charge in [0.05, 0.1) is 11.6 Å². The minimum atomic E-state index is -0.170. The predicted molar refractivity (Wildman–Crippen MR) is 128 cm³/mol. The van der Waals surface area contributed by atoms with Gasteiger partial charge in [-0.25, -0.2) is 0 Å². The van der Waals surface area contributed by atoms with Gasteiger partial charge in [0.1, 0.15) is 0 Å². The standard InChI is InChI=1S/C24H25ClN4OS/c1-15(2)12-13-29-16(3)20(21(26-24(29)31)17-8-5-4-6-9-17)23-27-22(28-30-23)18-10-7-11-19(25)14-18/h4-11,14-15,21H,12-13H2,1-3H3,(H,26,31). The summed E-state index contributed by atoms with van der Waals surface area (Å²) in [5.74, 6) is 1.56. The Labute approximate surface area is 193 Å². The molecule has 0 spiro atoms. The van der Waals surface area contributed by atoms with E-state index in [1.165, 1.54) is 0 Å². The van der Waals surface area contributed by atoms with Gasteiger partial charge in [-0.05, 0) is 49.2 Å². The molecule has 2 aromatic carbocycles. The third-order valence-electron chi connectivity index (χ3n) is 5.40. The van der Waals surface area contributed by atoms with Crippen LogP contribution in [0.3, 0.4) is 0 Å². The van der Waals surface area contributed by atoms with Crippen molar-refractivity contribution in [3.05, 3.63) is 76.8 Å². The molecule has 1 N–H and O–H groups in total. The fourth-order valence-electron chi connectivity index (χ4n) is 3.69. The second kappa shape index (κ2) is 9.20. The fourth-order valence-corrected chi connectivity index (χ4v) is 4.22. The summed E-state index contributed by atoms with van der Waals surface area (Å²) in [6.07, 6.45) is 1.03. The van der Waals surface area contributed by atoms with Crippen molar-refractivity contribution in [2.75, 3.05) is 6.54 Å². The van der Waals surface area contributed by atoms with Crippen molar-refractivity contribution in [1.82, 2.24) is 20.4 Å². The molecule has 4 rings (SSSR count). The van der Waals surface area contributed by atoms with E-state index in [1.54, 1.807) is 0 Å². The minimum Gasteiger partial charge on any atom is -0.351 e. The number of hydrogen-bond donors (Lipinski definition) is 1. The lowest BCUT2D eigenvalue weighted by molar-refractivity contribution is 0.390. The number of halogens is 1. The van der Waals surface area contributed by atoms with Gasteiger partial charge in [0, 0.05) is 22.8 Å². The molecule has 0 fully saturated rings. The number of hydrogen-bond acceptors (Lipinski definition) is 4. The molecular formula is C24H25ClN4OS. The SMILES string of the molecule is CC1=C(c2nc(-c3cccc(Cl)c3)no2)C(c2ccccc2)NC(=S)N1CCC(C)C. The number of aromatic nitrogens is 2. The molecule has 0 radical (unpaired) electrons. The molecule has 0 bridgehead atoms. The average molecular weight is 453 g/mol. The highest BCUT2D eigenvalue weighted by molar-refractivity contribution is 7.80. The summed E-state index contributed by atoms with van der Waals surface area (Å²) in [6, 6.07) is 17.5. The first-order valence-electron chi connectivity index (χ1n) is 10.4. The first-order chi connectivity index (χ1) is 14.9. The third kappa shape index (κ3) is 4.65. The summed E-state index contributed by atoms with van der Waals surface area (Å²) in [5.41, 5.74) is 3.86. The molecule has 3 aromatic rings. The van der Waals surface area contributed by atoms with Gasteiger partial charge in [-0.2, -0.15) is 4.98 Å². The van der Waals surface area contributed by atoms with Crippen molar-refractivity contribution >= 4 is 34.5 Å². The van der Waals surface area contributed by atoms with Gasteiger partial charge in [-0.1, -0.05) is 73.1 Å². The van der Waals surface area contributed by atoms with Crippen LogP contribution in [0.15, 0.2) is 64.8 Å². The van der Waals surface area contributed by atoms with Crippen LogP contribution in [-0.4, -0.2) is 26.7 Å². The van der Waals surface area contributed by atoms with Crippen LogP contribution in [0.25, 0.3) is 17.0 Å². The highest BCUT2D eigenvalue weighted by Crippen LogP contribution is 2.37. The summed E-state index contributed by atoms with van der Waals surface area (Å²) in [6.45, 7) is 7.32. The fraction of sp³-hybridized carbons (Fsp3) is 0.292. The first-order valence-corrected chi connectivity index (χ1v) is 11.2. The van der Waals surface area contributed by atoms with E-state index in [-0.39, 0.29) is 6.04 Å². The lowest BCUT2D eigenvalue weighted by Gasteiger charge is -2.37. The molecule has 7 heteroatoms. The summed E-state index contributed by atoms with van der Waals surface area (Å²) >= 11 is 11.9. The van der Waals surface area contributed by atoms with Gasteiger partial charge in [-0.3, -0.25) is 0 Å². The maximum absolute atomic E-state index is 6.15. The first kappa shape index (κ1) is 21.5. The largest absolute Gasteiger partial charge is 0.351 e. The third-order valence-corrected chi connectivity index (χ3v) is 5.97. The van der Waals surface area contributed by atoms with Gasteiger partial charge in [0.2, 0.25) is 5.82 Å². The van der Waals surface area contributed by atoms with Gasteiger partial charge in [-0.15, -0.1) is 0 Å². The van der Waals surface area contributed by atoms with E-state index in [9.17, 15) is 0 Å². The van der Waals surface area contributed by atoms with E-state index in [0.29, 0.717) is 27.8 Å². The van der Waals surface area contributed by atoms with Crippen molar-refractivity contribution in [2.24, 2.45) is 5.92 Å². The molecule has 0 saturated carbocycles. The topological polar surface area (TPSA) is 54.2 Å². The molecular weight excluding hydrogens is 428 g/mol. The molecule has 31 heavy (non-hydrogen) atoms. The van der Waals surface area contributed by atoms with Crippen LogP contribution in [0.2, 0.25) is 5.02 Å². The van der Waals surface area contributed by atoms with Crippen LogP contribution in [0.1, 0.15) is 44.7 Å². The normalized spacial score (nSPS) is 16.7. The summed E-state index contributed by atoms with van der Waals surface area (Å²) in [5, 5.41) is 9.06. The zero-order valence-corrected chi connectivity index (χ0v) is 19.4. The van der Waals surface area contributed by atoms with Crippen molar-refractivity contribution in [1.29, 1.82) is 0 Å². The minimum absolute atomic E-state index is 0.170. The van der Waals surface area contributed by atoms with Gasteiger partial charge in [0.15, 0.2) is 5.11 Å². The highest BCUT2D eigenvalue weighted by atomic mass is 35.5. The van der Waals surface area contributed by atoms with E-state index in [2.05, 4.69) is 48.3 Å². The number of allylic oxidation sites excluding steroid dienone is 1. The Hall–Kier alpha value is -2.70. The van der Waals surface area contributed by atoms with Crippen LogP contribution in [-0.2, 0) is 0 Å². The molecule has 1 aliphatic rings. The molecule has 0 saturated heterocycles. The molecule has 1 aliphatic heterocycles. The number of thiocarbonyl (C=S) groups is 1. The second-order valence-corrected chi connectivity index (χ2v) is 8.88. The zero-order valence-electron chi connectivity index (χ0n) is 17.8. The molecule has 1 atom stereocenters. The second-order valence-electron chi connectivity index (χ2n) is 8.06. The Morgan fingerprint density at radius 3 is 2.65 bits per heavy atom. The van der Waals surface area contributed by atoms with E-state index in [0.717, 1.165) is 35.4 Å². The monoisotopic (exact) mass is 452 g/mol. The Balaban J connectivity index is 1.78. The predicted octanol–water partition coefficient (Wildman–Crippen LogP) is 6.10. The Morgan fingerprint density at radius 2 is 1.94 bits per heavy atom. The van der Waals surface area contributed by atoms with E-state index < -0.39 is 0 Å². The summed E-state index contributed by atoms with van der Waals surface area (Å²) in [7, 11) is 0. The average Bonchev–Trinajstić information content (AvgIpc) is 3.23.